The zero-order chi connectivity index (χ0) is 12.8. The van der Waals surface area contributed by atoms with Gasteiger partial charge in [0, 0.05) is 12.1 Å². The number of aryl methyl sites for hydroxylation is 1. The first kappa shape index (κ1) is 11.1. The third-order valence-electron chi connectivity index (χ3n) is 4.61. The van der Waals surface area contributed by atoms with Crippen LogP contribution in [0.15, 0.2) is 30.3 Å². The van der Waals surface area contributed by atoms with Crippen molar-refractivity contribution >= 4 is 5.82 Å². The first-order valence-electron chi connectivity index (χ1n) is 7.23. The van der Waals surface area contributed by atoms with Crippen molar-refractivity contribution in [1.29, 1.82) is 0 Å². The SMILES string of the molecule is Cc1nn2c(c1-c1ccccc1)NCC1CCCC12. The van der Waals surface area contributed by atoms with Gasteiger partial charge in [0.05, 0.1) is 11.7 Å². The minimum absolute atomic E-state index is 0.618. The van der Waals surface area contributed by atoms with Crippen LogP contribution >= 0.6 is 0 Å². The van der Waals surface area contributed by atoms with Gasteiger partial charge in [-0.15, -0.1) is 0 Å². The highest BCUT2D eigenvalue weighted by atomic mass is 15.4. The Labute approximate surface area is 113 Å². The van der Waals surface area contributed by atoms with E-state index >= 15 is 0 Å². The molecule has 3 nitrogen and oxygen atoms in total. The second-order valence-electron chi connectivity index (χ2n) is 5.76. The van der Waals surface area contributed by atoms with Gasteiger partial charge < -0.3 is 5.32 Å². The summed E-state index contributed by atoms with van der Waals surface area (Å²) in [6.07, 6.45) is 3.97. The van der Waals surface area contributed by atoms with Crippen LogP contribution in [0, 0.1) is 12.8 Å². The van der Waals surface area contributed by atoms with Crippen LogP contribution in [0.1, 0.15) is 31.0 Å². The second kappa shape index (κ2) is 4.12. The summed E-state index contributed by atoms with van der Waals surface area (Å²) in [6.45, 7) is 3.23. The summed E-state index contributed by atoms with van der Waals surface area (Å²) in [5.74, 6) is 2.00. The molecule has 4 rings (SSSR count). The van der Waals surface area contributed by atoms with Crippen LogP contribution in [0.5, 0.6) is 0 Å². The molecule has 0 spiro atoms. The average molecular weight is 253 g/mol. The molecule has 1 aromatic carbocycles. The Morgan fingerprint density at radius 3 is 2.89 bits per heavy atom. The van der Waals surface area contributed by atoms with E-state index in [-0.39, 0.29) is 0 Å². The van der Waals surface area contributed by atoms with Crippen LogP contribution in [-0.2, 0) is 0 Å². The predicted octanol–water partition coefficient (Wildman–Crippen LogP) is 3.63. The highest BCUT2D eigenvalue weighted by Crippen LogP contribution is 2.44. The van der Waals surface area contributed by atoms with E-state index < -0.39 is 0 Å². The van der Waals surface area contributed by atoms with E-state index in [0.29, 0.717) is 6.04 Å². The lowest BCUT2D eigenvalue weighted by Gasteiger charge is -2.29. The second-order valence-corrected chi connectivity index (χ2v) is 5.76. The van der Waals surface area contributed by atoms with Crippen molar-refractivity contribution in [3.05, 3.63) is 36.0 Å². The molecular formula is C16H19N3. The van der Waals surface area contributed by atoms with E-state index in [1.807, 2.05) is 0 Å². The number of fused-ring (bicyclic) bond motifs is 3. The van der Waals surface area contributed by atoms with Crippen LogP contribution in [0.4, 0.5) is 5.82 Å². The molecular weight excluding hydrogens is 234 g/mol. The minimum Gasteiger partial charge on any atom is -0.369 e. The van der Waals surface area contributed by atoms with Gasteiger partial charge in [-0.05, 0) is 31.2 Å². The Balaban J connectivity index is 1.86. The number of hydrogen-bond donors (Lipinski definition) is 1. The molecule has 2 unspecified atom stereocenters. The molecule has 1 aromatic heterocycles. The lowest BCUT2D eigenvalue weighted by atomic mass is 10.00. The van der Waals surface area contributed by atoms with E-state index in [1.165, 1.54) is 36.2 Å². The molecule has 1 aliphatic heterocycles. The van der Waals surface area contributed by atoms with Gasteiger partial charge in [-0.1, -0.05) is 36.8 Å². The lowest BCUT2D eigenvalue weighted by Crippen LogP contribution is -2.29. The van der Waals surface area contributed by atoms with Gasteiger partial charge in [0.2, 0.25) is 0 Å². The fraction of sp³-hybridized carbons (Fsp3) is 0.438. The number of benzene rings is 1. The number of nitrogens with zero attached hydrogens (tertiary/aromatic N) is 2. The first-order valence-corrected chi connectivity index (χ1v) is 7.23. The number of rotatable bonds is 1. The molecule has 2 aromatic rings. The van der Waals surface area contributed by atoms with Crippen molar-refractivity contribution in [1.82, 2.24) is 9.78 Å². The molecule has 2 heterocycles. The molecule has 1 fully saturated rings. The Hall–Kier alpha value is -1.77. The van der Waals surface area contributed by atoms with E-state index in [9.17, 15) is 0 Å². The normalized spacial score (nSPS) is 24.7. The minimum atomic E-state index is 0.618. The Bertz CT molecular complexity index is 600. The third kappa shape index (κ3) is 1.61. The molecule has 0 bridgehead atoms. The summed E-state index contributed by atoms with van der Waals surface area (Å²) in [6, 6.07) is 11.2. The standard InChI is InChI=1S/C16H19N3/c1-11-15(12-6-3-2-4-7-12)16-17-10-13-8-5-9-14(13)19(16)18-11/h2-4,6-7,13-14,17H,5,8-10H2,1H3. The van der Waals surface area contributed by atoms with Gasteiger partial charge in [-0.3, -0.25) is 0 Å². The number of aromatic nitrogens is 2. The zero-order valence-corrected chi connectivity index (χ0v) is 11.3. The van der Waals surface area contributed by atoms with Crippen LogP contribution in [0.3, 0.4) is 0 Å². The maximum Gasteiger partial charge on any atom is 0.132 e. The molecule has 3 heteroatoms. The maximum absolute atomic E-state index is 4.82. The van der Waals surface area contributed by atoms with Crippen molar-refractivity contribution in [3.63, 3.8) is 0 Å². The van der Waals surface area contributed by atoms with Crippen LogP contribution in [0.2, 0.25) is 0 Å². The van der Waals surface area contributed by atoms with Gasteiger partial charge >= 0.3 is 0 Å². The third-order valence-corrected chi connectivity index (χ3v) is 4.61. The van der Waals surface area contributed by atoms with Crippen LogP contribution in [-0.4, -0.2) is 16.3 Å². The lowest BCUT2D eigenvalue weighted by molar-refractivity contribution is 0.346. The van der Waals surface area contributed by atoms with Crippen molar-refractivity contribution in [2.75, 3.05) is 11.9 Å². The summed E-state index contributed by atoms with van der Waals surface area (Å²) in [5, 5.41) is 8.45. The highest BCUT2D eigenvalue weighted by molar-refractivity contribution is 5.78. The Morgan fingerprint density at radius 1 is 1.21 bits per heavy atom. The van der Waals surface area contributed by atoms with Gasteiger partial charge in [0.25, 0.3) is 0 Å². The summed E-state index contributed by atoms with van der Waals surface area (Å²) in [7, 11) is 0. The van der Waals surface area contributed by atoms with E-state index in [4.69, 9.17) is 5.10 Å². The Morgan fingerprint density at radius 2 is 2.05 bits per heavy atom. The van der Waals surface area contributed by atoms with Gasteiger partial charge in [0.15, 0.2) is 0 Å². The quantitative estimate of drug-likeness (QED) is 0.841. The molecule has 1 saturated carbocycles. The predicted molar refractivity (Wildman–Crippen MR) is 77.3 cm³/mol. The van der Waals surface area contributed by atoms with Crippen molar-refractivity contribution < 1.29 is 0 Å². The summed E-state index contributed by atoms with van der Waals surface area (Å²) in [4.78, 5) is 0. The number of nitrogens with one attached hydrogen (secondary N) is 1. The molecule has 0 radical (unpaired) electrons. The molecule has 98 valence electrons. The highest BCUT2D eigenvalue weighted by Gasteiger charge is 2.35. The molecule has 2 atom stereocenters. The molecule has 19 heavy (non-hydrogen) atoms. The number of anilines is 1. The van der Waals surface area contributed by atoms with Gasteiger partial charge in [-0.25, -0.2) is 4.68 Å². The molecule has 2 aliphatic rings. The Kier molecular flexibility index (Phi) is 2.40. The van der Waals surface area contributed by atoms with Crippen molar-refractivity contribution in [3.8, 4) is 11.1 Å². The fourth-order valence-corrected chi connectivity index (χ4v) is 3.71. The largest absolute Gasteiger partial charge is 0.369 e. The van der Waals surface area contributed by atoms with E-state index in [2.05, 4.69) is 47.3 Å². The summed E-state index contributed by atoms with van der Waals surface area (Å²) >= 11 is 0. The van der Waals surface area contributed by atoms with Gasteiger partial charge in [-0.2, -0.15) is 5.10 Å². The topological polar surface area (TPSA) is 29.9 Å². The van der Waals surface area contributed by atoms with Crippen molar-refractivity contribution in [2.24, 2.45) is 5.92 Å². The number of hydrogen-bond acceptors (Lipinski definition) is 2. The molecule has 1 N–H and O–H groups in total. The van der Waals surface area contributed by atoms with Crippen LogP contribution < -0.4 is 5.32 Å². The maximum atomic E-state index is 4.82. The molecule has 0 amide bonds. The van der Waals surface area contributed by atoms with Gasteiger partial charge in [0.1, 0.15) is 5.82 Å². The molecule has 0 saturated heterocycles. The monoisotopic (exact) mass is 253 g/mol. The summed E-state index contributed by atoms with van der Waals surface area (Å²) in [5.41, 5.74) is 3.69. The summed E-state index contributed by atoms with van der Waals surface area (Å²) < 4.78 is 2.26. The average Bonchev–Trinajstić information content (AvgIpc) is 3.02. The zero-order valence-electron chi connectivity index (χ0n) is 11.3. The van der Waals surface area contributed by atoms with E-state index in [0.717, 1.165) is 18.2 Å². The smallest absolute Gasteiger partial charge is 0.132 e. The van der Waals surface area contributed by atoms with Crippen molar-refractivity contribution in [2.45, 2.75) is 32.2 Å². The first-order chi connectivity index (χ1) is 9.34. The fourth-order valence-electron chi connectivity index (χ4n) is 3.71. The molecule has 1 aliphatic carbocycles. The van der Waals surface area contributed by atoms with E-state index in [1.54, 1.807) is 0 Å². The van der Waals surface area contributed by atoms with Crippen LogP contribution in [0.25, 0.3) is 11.1 Å².